The van der Waals surface area contributed by atoms with Gasteiger partial charge >= 0.3 is 11.9 Å². The molecule has 0 amide bonds. The van der Waals surface area contributed by atoms with E-state index in [2.05, 4.69) is 9.88 Å². The zero-order chi connectivity index (χ0) is 17.0. The van der Waals surface area contributed by atoms with Crippen molar-refractivity contribution < 1.29 is 19.4 Å². The number of aromatic nitrogens is 1. The molecule has 1 aromatic carbocycles. The van der Waals surface area contributed by atoms with Crippen molar-refractivity contribution in [3.63, 3.8) is 0 Å². The Morgan fingerprint density at radius 1 is 1.26 bits per heavy atom. The van der Waals surface area contributed by atoms with Crippen LogP contribution in [0.2, 0.25) is 0 Å². The molecule has 1 aromatic heterocycles. The van der Waals surface area contributed by atoms with Gasteiger partial charge in [-0.1, -0.05) is 0 Å². The summed E-state index contributed by atoms with van der Waals surface area (Å²) >= 11 is 0. The summed E-state index contributed by atoms with van der Waals surface area (Å²) in [5, 5.41) is 9.69. The summed E-state index contributed by atoms with van der Waals surface area (Å²) in [6.07, 6.45) is 2.52. The molecule has 1 heterocycles. The lowest BCUT2D eigenvalue weighted by Gasteiger charge is -2.11. The molecule has 0 spiro atoms. The standard InChI is InChI=1S/C17H22N2O4/c1-11-14(23-16(22)7-6-15(20)21)5-4-13-17(11)12(10-18-13)8-9-19(2)3/h4-5,10,18H,6-9H2,1-3H3,(H,20,21). The molecule has 0 unspecified atom stereocenters. The van der Waals surface area contributed by atoms with Crippen LogP contribution in [0.5, 0.6) is 5.75 Å². The third-order valence-electron chi connectivity index (χ3n) is 3.73. The van der Waals surface area contributed by atoms with Crippen LogP contribution < -0.4 is 4.74 Å². The molecule has 0 saturated heterocycles. The second-order valence-electron chi connectivity index (χ2n) is 5.85. The van der Waals surface area contributed by atoms with E-state index in [1.807, 2.05) is 33.3 Å². The highest BCUT2D eigenvalue weighted by molar-refractivity contribution is 5.89. The summed E-state index contributed by atoms with van der Waals surface area (Å²) in [5.74, 6) is -1.05. The third-order valence-corrected chi connectivity index (χ3v) is 3.73. The van der Waals surface area contributed by atoms with Crippen LogP contribution in [0, 0.1) is 6.92 Å². The largest absolute Gasteiger partial charge is 0.481 e. The fourth-order valence-electron chi connectivity index (χ4n) is 2.50. The van der Waals surface area contributed by atoms with E-state index in [1.165, 1.54) is 5.56 Å². The van der Waals surface area contributed by atoms with E-state index < -0.39 is 11.9 Å². The van der Waals surface area contributed by atoms with Crippen molar-refractivity contribution in [1.29, 1.82) is 0 Å². The maximum absolute atomic E-state index is 11.7. The molecule has 0 bridgehead atoms. The number of carbonyl (C=O) groups is 2. The molecule has 0 aliphatic carbocycles. The number of benzene rings is 1. The number of esters is 1. The molecule has 2 N–H and O–H groups in total. The summed E-state index contributed by atoms with van der Waals surface area (Å²) < 4.78 is 5.33. The Balaban J connectivity index is 2.21. The number of hydrogen-bond acceptors (Lipinski definition) is 4. The number of ether oxygens (including phenoxy) is 1. The van der Waals surface area contributed by atoms with Gasteiger partial charge in [-0.15, -0.1) is 0 Å². The summed E-state index contributed by atoms with van der Waals surface area (Å²) in [6, 6.07) is 3.61. The van der Waals surface area contributed by atoms with Gasteiger partial charge in [0, 0.05) is 29.2 Å². The average molecular weight is 318 g/mol. The molecular weight excluding hydrogens is 296 g/mol. The Labute approximate surface area is 135 Å². The fraction of sp³-hybridized carbons (Fsp3) is 0.412. The maximum atomic E-state index is 11.7. The first kappa shape index (κ1) is 17.0. The van der Waals surface area contributed by atoms with Gasteiger partial charge in [0.05, 0.1) is 12.8 Å². The van der Waals surface area contributed by atoms with Crippen LogP contribution in [0.25, 0.3) is 10.9 Å². The van der Waals surface area contributed by atoms with E-state index in [9.17, 15) is 9.59 Å². The lowest BCUT2D eigenvalue weighted by molar-refractivity contribution is -0.142. The minimum absolute atomic E-state index is 0.132. The Morgan fingerprint density at radius 3 is 2.65 bits per heavy atom. The molecule has 0 saturated carbocycles. The lowest BCUT2D eigenvalue weighted by Crippen LogP contribution is -2.15. The van der Waals surface area contributed by atoms with Crippen molar-refractivity contribution in [1.82, 2.24) is 9.88 Å². The third kappa shape index (κ3) is 4.32. The highest BCUT2D eigenvalue weighted by Crippen LogP contribution is 2.30. The van der Waals surface area contributed by atoms with Crippen molar-refractivity contribution in [3.05, 3.63) is 29.5 Å². The molecule has 6 heteroatoms. The smallest absolute Gasteiger partial charge is 0.311 e. The molecule has 124 valence electrons. The average Bonchev–Trinajstić information content (AvgIpc) is 2.90. The molecule has 0 fully saturated rings. The van der Waals surface area contributed by atoms with E-state index in [1.54, 1.807) is 6.07 Å². The van der Waals surface area contributed by atoms with Crippen LogP contribution in [0.4, 0.5) is 0 Å². The van der Waals surface area contributed by atoms with Gasteiger partial charge in [0.1, 0.15) is 5.75 Å². The molecule has 0 aliphatic heterocycles. The molecular formula is C17H22N2O4. The van der Waals surface area contributed by atoms with Gasteiger partial charge in [-0.05, 0) is 45.1 Å². The number of aryl methyl sites for hydroxylation is 1. The maximum Gasteiger partial charge on any atom is 0.311 e. The van der Waals surface area contributed by atoms with E-state index >= 15 is 0 Å². The first-order valence-corrected chi connectivity index (χ1v) is 7.55. The van der Waals surface area contributed by atoms with Gasteiger partial charge < -0.3 is 19.7 Å². The van der Waals surface area contributed by atoms with E-state index in [0.29, 0.717) is 5.75 Å². The zero-order valence-electron chi connectivity index (χ0n) is 13.7. The number of H-pyrrole nitrogens is 1. The zero-order valence-corrected chi connectivity index (χ0v) is 13.7. The van der Waals surface area contributed by atoms with Crippen LogP contribution in [-0.2, 0) is 16.0 Å². The van der Waals surface area contributed by atoms with Crippen molar-refractivity contribution in [3.8, 4) is 5.75 Å². The number of carbonyl (C=O) groups excluding carboxylic acids is 1. The van der Waals surface area contributed by atoms with Gasteiger partial charge in [0.25, 0.3) is 0 Å². The quantitative estimate of drug-likeness (QED) is 0.605. The molecule has 0 radical (unpaired) electrons. The number of likely N-dealkylation sites (N-methyl/N-ethyl adjacent to an activating group) is 1. The van der Waals surface area contributed by atoms with Gasteiger partial charge in [-0.2, -0.15) is 0 Å². The molecule has 2 rings (SSSR count). The SMILES string of the molecule is Cc1c(OC(=O)CCC(=O)O)ccc2[nH]cc(CCN(C)C)c12. The number of nitrogens with zero attached hydrogens (tertiary/aromatic N) is 1. The number of carboxylic acid groups (broad SMARTS) is 1. The monoisotopic (exact) mass is 318 g/mol. The number of rotatable bonds is 7. The van der Waals surface area contributed by atoms with Gasteiger partial charge in [0.2, 0.25) is 0 Å². The topological polar surface area (TPSA) is 82.6 Å². The van der Waals surface area contributed by atoms with Crippen molar-refractivity contribution in [2.75, 3.05) is 20.6 Å². The lowest BCUT2D eigenvalue weighted by atomic mass is 10.0. The normalized spacial score (nSPS) is 11.1. The summed E-state index contributed by atoms with van der Waals surface area (Å²) in [4.78, 5) is 27.6. The highest BCUT2D eigenvalue weighted by Gasteiger charge is 2.14. The number of hydrogen-bond donors (Lipinski definition) is 2. The summed E-state index contributed by atoms with van der Waals surface area (Å²) in [7, 11) is 4.05. The second-order valence-corrected chi connectivity index (χ2v) is 5.85. The van der Waals surface area contributed by atoms with Crippen molar-refractivity contribution in [2.24, 2.45) is 0 Å². The van der Waals surface area contributed by atoms with Gasteiger partial charge in [-0.3, -0.25) is 9.59 Å². The molecule has 6 nitrogen and oxygen atoms in total. The van der Waals surface area contributed by atoms with Crippen LogP contribution >= 0.6 is 0 Å². The van der Waals surface area contributed by atoms with Crippen LogP contribution in [-0.4, -0.2) is 47.6 Å². The first-order valence-electron chi connectivity index (χ1n) is 7.55. The fourth-order valence-corrected chi connectivity index (χ4v) is 2.50. The van der Waals surface area contributed by atoms with Crippen LogP contribution in [0.15, 0.2) is 18.3 Å². The summed E-state index contributed by atoms with van der Waals surface area (Å²) in [5.41, 5.74) is 3.07. The van der Waals surface area contributed by atoms with Crippen LogP contribution in [0.3, 0.4) is 0 Å². The first-order chi connectivity index (χ1) is 10.9. The van der Waals surface area contributed by atoms with Gasteiger partial charge in [0.15, 0.2) is 0 Å². The van der Waals surface area contributed by atoms with E-state index in [-0.39, 0.29) is 12.8 Å². The number of carboxylic acids is 1. The summed E-state index contributed by atoms with van der Waals surface area (Å²) in [6.45, 7) is 2.84. The number of aliphatic carboxylic acids is 1. The Bertz CT molecular complexity index is 719. The molecule has 23 heavy (non-hydrogen) atoms. The Morgan fingerprint density at radius 2 is 2.00 bits per heavy atom. The van der Waals surface area contributed by atoms with Crippen molar-refractivity contribution >= 4 is 22.8 Å². The minimum atomic E-state index is -1.01. The predicted octanol–water partition coefficient (Wildman–Crippen LogP) is 2.35. The number of aromatic amines is 1. The molecule has 0 aliphatic rings. The predicted molar refractivity (Wildman–Crippen MR) is 87.8 cm³/mol. The van der Waals surface area contributed by atoms with E-state index in [4.69, 9.17) is 9.84 Å². The second kappa shape index (κ2) is 7.28. The highest BCUT2D eigenvalue weighted by atomic mass is 16.5. The van der Waals surface area contributed by atoms with Crippen LogP contribution in [0.1, 0.15) is 24.0 Å². The number of nitrogens with one attached hydrogen (secondary N) is 1. The number of fused-ring (bicyclic) bond motifs is 1. The van der Waals surface area contributed by atoms with Gasteiger partial charge in [-0.25, -0.2) is 0 Å². The Kier molecular flexibility index (Phi) is 5.39. The minimum Gasteiger partial charge on any atom is -0.481 e. The van der Waals surface area contributed by atoms with E-state index in [0.717, 1.165) is 29.4 Å². The molecule has 2 aromatic rings. The Hall–Kier alpha value is -2.34. The van der Waals surface area contributed by atoms with Crippen molar-refractivity contribution in [2.45, 2.75) is 26.2 Å². The molecule has 0 atom stereocenters.